The van der Waals surface area contributed by atoms with Gasteiger partial charge in [0.25, 0.3) is 0 Å². The van der Waals surface area contributed by atoms with Crippen molar-refractivity contribution in [1.29, 1.82) is 0 Å². The predicted molar refractivity (Wildman–Crippen MR) is 75.5 cm³/mol. The Kier molecular flexibility index (Phi) is 4.54. The van der Waals surface area contributed by atoms with Gasteiger partial charge in [-0.2, -0.15) is 0 Å². The summed E-state index contributed by atoms with van der Waals surface area (Å²) in [5.41, 5.74) is 6.20. The van der Waals surface area contributed by atoms with E-state index in [9.17, 15) is 8.42 Å². The van der Waals surface area contributed by atoms with Gasteiger partial charge in [-0.05, 0) is 17.7 Å². The van der Waals surface area contributed by atoms with Gasteiger partial charge in [0, 0.05) is 18.1 Å². The average Bonchev–Trinajstić information content (AvgIpc) is 2.90. The van der Waals surface area contributed by atoms with Gasteiger partial charge < -0.3 is 5.73 Å². The largest absolute Gasteiger partial charge is 0.326 e. The highest BCUT2D eigenvalue weighted by atomic mass is 35.5. The van der Waals surface area contributed by atoms with E-state index in [-0.39, 0.29) is 23.0 Å². The van der Waals surface area contributed by atoms with Crippen molar-refractivity contribution >= 4 is 33.0 Å². The molecule has 0 aliphatic rings. The van der Waals surface area contributed by atoms with Gasteiger partial charge in [0.05, 0.1) is 11.6 Å². The van der Waals surface area contributed by atoms with Crippen molar-refractivity contribution in [3.05, 3.63) is 45.4 Å². The van der Waals surface area contributed by atoms with E-state index < -0.39 is 10.0 Å². The molecule has 0 aliphatic heterocycles. The van der Waals surface area contributed by atoms with E-state index in [4.69, 9.17) is 17.3 Å². The quantitative estimate of drug-likeness (QED) is 0.879. The summed E-state index contributed by atoms with van der Waals surface area (Å²) in [5, 5.41) is 2.64. The Hall–Kier alpha value is -0.990. The Balaban J connectivity index is 2.23. The molecule has 0 bridgehead atoms. The molecule has 0 radical (unpaired) electrons. The van der Waals surface area contributed by atoms with Crippen LogP contribution in [0.4, 0.5) is 0 Å². The van der Waals surface area contributed by atoms with Crippen molar-refractivity contribution in [2.24, 2.45) is 5.73 Å². The van der Waals surface area contributed by atoms with E-state index >= 15 is 0 Å². The van der Waals surface area contributed by atoms with Crippen LogP contribution in [0.5, 0.6) is 0 Å². The number of sulfonamides is 1. The number of hydrogen-bond acceptors (Lipinski definition) is 5. The first-order valence-corrected chi connectivity index (χ1v) is 8.13. The topological polar surface area (TPSA) is 85.1 Å². The summed E-state index contributed by atoms with van der Waals surface area (Å²) in [6.07, 6.45) is 1.62. The molecule has 0 aliphatic carbocycles. The fourth-order valence-corrected chi connectivity index (χ4v) is 3.64. The third-order valence-corrected chi connectivity index (χ3v) is 5.08. The van der Waals surface area contributed by atoms with Crippen LogP contribution in [0, 0.1) is 0 Å². The number of hydrogen-bond donors (Lipinski definition) is 2. The molecule has 2 aromatic rings. The van der Waals surface area contributed by atoms with Crippen LogP contribution in [0.25, 0.3) is 0 Å². The Morgan fingerprint density at radius 2 is 2.21 bits per heavy atom. The highest BCUT2D eigenvalue weighted by Crippen LogP contribution is 2.22. The molecule has 0 amide bonds. The number of nitrogens with two attached hydrogens (primary N) is 1. The van der Waals surface area contributed by atoms with Gasteiger partial charge in [-0.25, -0.2) is 18.1 Å². The first-order valence-electron chi connectivity index (χ1n) is 5.39. The van der Waals surface area contributed by atoms with E-state index in [1.54, 1.807) is 17.6 Å². The molecule has 2 rings (SSSR count). The second-order valence-electron chi connectivity index (χ2n) is 3.72. The smallest absolute Gasteiger partial charge is 0.242 e. The van der Waals surface area contributed by atoms with Crippen LogP contribution in [0.1, 0.15) is 10.6 Å². The maximum Gasteiger partial charge on any atom is 0.242 e. The molecule has 0 fully saturated rings. The van der Waals surface area contributed by atoms with E-state index in [1.807, 2.05) is 0 Å². The number of nitrogens with one attached hydrogen (secondary N) is 1. The van der Waals surface area contributed by atoms with Crippen molar-refractivity contribution in [3.63, 3.8) is 0 Å². The molecule has 19 heavy (non-hydrogen) atoms. The first kappa shape index (κ1) is 14.4. The third kappa shape index (κ3) is 3.52. The normalized spacial score (nSPS) is 11.7. The molecule has 1 aromatic heterocycles. The monoisotopic (exact) mass is 317 g/mol. The lowest BCUT2D eigenvalue weighted by atomic mass is 10.2. The van der Waals surface area contributed by atoms with E-state index in [0.717, 1.165) is 0 Å². The number of aromatic nitrogens is 1. The highest BCUT2D eigenvalue weighted by Gasteiger charge is 2.18. The molecule has 0 unspecified atom stereocenters. The molecule has 1 heterocycles. The minimum atomic E-state index is -3.67. The molecule has 0 atom stereocenters. The molecule has 8 heteroatoms. The van der Waals surface area contributed by atoms with Crippen molar-refractivity contribution in [1.82, 2.24) is 9.71 Å². The SMILES string of the molecule is NCc1ccc(Cl)c(S(=O)(=O)NCc2nccs2)c1. The molecular formula is C11H12ClN3O2S2. The maximum absolute atomic E-state index is 12.2. The van der Waals surface area contributed by atoms with Crippen molar-refractivity contribution in [2.75, 3.05) is 0 Å². The van der Waals surface area contributed by atoms with Crippen LogP contribution in [0.2, 0.25) is 5.02 Å². The van der Waals surface area contributed by atoms with Crippen LogP contribution in [-0.2, 0) is 23.1 Å². The lowest BCUT2D eigenvalue weighted by Gasteiger charge is -2.08. The van der Waals surface area contributed by atoms with Crippen molar-refractivity contribution < 1.29 is 8.42 Å². The van der Waals surface area contributed by atoms with Gasteiger partial charge in [0.2, 0.25) is 10.0 Å². The minimum Gasteiger partial charge on any atom is -0.326 e. The second-order valence-corrected chi connectivity index (χ2v) is 6.84. The molecular weight excluding hydrogens is 306 g/mol. The lowest BCUT2D eigenvalue weighted by Crippen LogP contribution is -2.23. The summed E-state index contributed by atoms with van der Waals surface area (Å²) in [6.45, 7) is 0.398. The fraction of sp³-hybridized carbons (Fsp3) is 0.182. The van der Waals surface area contributed by atoms with E-state index in [1.165, 1.54) is 23.5 Å². The number of thiazole rings is 1. The lowest BCUT2D eigenvalue weighted by molar-refractivity contribution is 0.581. The second kappa shape index (κ2) is 5.98. The summed E-state index contributed by atoms with van der Waals surface area (Å²) < 4.78 is 26.8. The molecule has 0 saturated carbocycles. The van der Waals surface area contributed by atoms with Crippen molar-refractivity contribution in [2.45, 2.75) is 18.0 Å². The summed E-state index contributed by atoms with van der Waals surface area (Å²) in [4.78, 5) is 4.04. The van der Waals surface area contributed by atoms with Crippen LogP contribution in [-0.4, -0.2) is 13.4 Å². The summed E-state index contributed by atoms with van der Waals surface area (Å²) in [7, 11) is -3.67. The molecule has 102 valence electrons. The Bertz CT molecular complexity index is 657. The zero-order chi connectivity index (χ0) is 13.9. The summed E-state index contributed by atoms with van der Waals surface area (Å²) >= 11 is 7.30. The molecule has 0 spiro atoms. The van der Waals surface area contributed by atoms with E-state index in [2.05, 4.69) is 9.71 Å². The predicted octanol–water partition coefficient (Wildman–Crippen LogP) is 1.73. The van der Waals surface area contributed by atoms with Gasteiger partial charge >= 0.3 is 0 Å². The third-order valence-electron chi connectivity index (χ3n) is 2.42. The zero-order valence-corrected chi connectivity index (χ0v) is 12.2. The Morgan fingerprint density at radius 1 is 1.42 bits per heavy atom. The minimum absolute atomic E-state index is 0.0358. The standard InChI is InChI=1S/C11H12ClN3O2S2/c12-9-2-1-8(6-13)5-10(9)19(16,17)15-7-11-14-3-4-18-11/h1-5,15H,6-7,13H2. The van der Waals surface area contributed by atoms with Gasteiger partial charge in [-0.1, -0.05) is 17.7 Å². The number of benzene rings is 1. The molecule has 0 saturated heterocycles. The summed E-state index contributed by atoms with van der Waals surface area (Å²) in [5.74, 6) is 0. The van der Waals surface area contributed by atoms with Crippen LogP contribution in [0.3, 0.4) is 0 Å². The maximum atomic E-state index is 12.2. The Labute approximate surface area is 120 Å². The van der Waals surface area contributed by atoms with Crippen molar-refractivity contribution in [3.8, 4) is 0 Å². The highest BCUT2D eigenvalue weighted by molar-refractivity contribution is 7.89. The van der Waals surface area contributed by atoms with Crippen LogP contribution in [0.15, 0.2) is 34.7 Å². The first-order chi connectivity index (χ1) is 9.03. The van der Waals surface area contributed by atoms with E-state index in [0.29, 0.717) is 10.6 Å². The number of nitrogens with zero attached hydrogens (tertiary/aromatic N) is 1. The number of halogens is 1. The number of rotatable bonds is 5. The van der Waals surface area contributed by atoms with Gasteiger partial charge in [-0.15, -0.1) is 11.3 Å². The average molecular weight is 318 g/mol. The molecule has 3 N–H and O–H groups in total. The van der Waals surface area contributed by atoms with Crippen LogP contribution >= 0.6 is 22.9 Å². The molecule has 1 aromatic carbocycles. The van der Waals surface area contributed by atoms with Gasteiger partial charge in [-0.3, -0.25) is 0 Å². The Morgan fingerprint density at radius 3 is 2.84 bits per heavy atom. The van der Waals surface area contributed by atoms with Crippen LogP contribution < -0.4 is 10.5 Å². The summed E-state index contributed by atoms with van der Waals surface area (Å²) in [6, 6.07) is 4.70. The zero-order valence-electron chi connectivity index (χ0n) is 9.84. The fourth-order valence-electron chi connectivity index (χ4n) is 1.46. The van der Waals surface area contributed by atoms with Gasteiger partial charge in [0.1, 0.15) is 9.90 Å². The molecule has 5 nitrogen and oxygen atoms in total. The van der Waals surface area contributed by atoms with Gasteiger partial charge in [0.15, 0.2) is 0 Å².